The van der Waals surface area contributed by atoms with Crippen molar-refractivity contribution in [2.45, 2.75) is 38.0 Å². The Bertz CT molecular complexity index is 1140. The van der Waals surface area contributed by atoms with Crippen molar-refractivity contribution in [1.82, 2.24) is 14.9 Å². The number of para-hydroxylation sites is 1. The van der Waals surface area contributed by atoms with E-state index in [1.807, 2.05) is 12.1 Å². The third kappa shape index (κ3) is 5.17. The van der Waals surface area contributed by atoms with Crippen molar-refractivity contribution in [1.29, 1.82) is 5.41 Å². The molecule has 9 heteroatoms. The van der Waals surface area contributed by atoms with E-state index in [-0.39, 0.29) is 16.9 Å². The highest BCUT2D eigenvalue weighted by molar-refractivity contribution is 8.25. The summed E-state index contributed by atoms with van der Waals surface area (Å²) in [6.07, 6.45) is 5.84. The molecule has 182 valence electrons. The second-order valence-electron chi connectivity index (χ2n) is 9.50. The van der Waals surface area contributed by atoms with Gasteiger partial charge in [0.05, 0.1) is 11.2 Å². The number of nitrogens with one attached hydrogen (secondary N) is 2. The summed E-state index contributed by atoms with van der Waals surface area (Å²) in [4.78, 5) is 10.8. The Kier molecular flexibility index (Phi) is 7.09. The van der Waals surface area contributed by atoms with Gasteiger partial charge in [0.1, 0.15) is 16.2 Å². The van der Waals surface area contributed by atoms with Crippen molar-refractivity contribution in [3.63, 3.8) is 0 Å². The van der Waals surface area contributed by atoms with E-state index in [0.29, 0.717) is 28.5 Å². The van der Waals surface area contributed by atoms with Crippen LogP contribution in [0, 0.1) is 16.7 Å². The summed E-state index contributed by atoms with van der Waals surface area (Å²) in [5.41, 5.74) is 2.29. The minimum atomic E-state index is -3.36. The molecule has 5 N–H and O–H groups in total. The zero-order valence-electron chi connectivity index (χ0n) is 19.6. The molecular weight excluding hydrogens is 450 g/mol. The van der Waals surface area contributed by atoms with Crippen molar-refractivity contribution < 1.29 is 14.2 Å². The number of piperidine rings is 1. The second-order valence-corrected chi connectivity index (χ2v) is 11.2. The van der Waals surface area contributed by atoms with Crippen LogP contribution in [0.5, 0.6) is 0 Å². The van der Waals surface area contributed by atoms with Crippen molar-refractivity contribution >= 4 is 33.3 Å². The number of hydrogen-bond donors (Lipinski definition) is 5. The third-order valence-electron chi connectivity index (χ3n) is 6.50. The van der Waals surface area contributed by atoms with E-state index in [4.69, 9.17) is 5.41 Å². The quantitative estimate of drug-likeness (QED) is 0.231. The fraction of sp³-hybridized carbons (Fsp3) is 0.400. The lowest BCUT2D eigenvalue weighted by atomic mass is 9.73. The van der Waals surface area contributed by atoms with E-state index in [9.17, 15) is 14.2 Å². The maximum absolute atomic E-state index is 10.8. The van der Waals surface area contributed by atoms with E-state index in [1.54, 1.807) is 36.5 Å². The fourth-order valence-electron chi connectivity index (χ4n) is 4.79. The first-order valence-electron chi connectivity index (χ1n) is 11.5. The normalized spacial score (nSPS) is 16.6. The number of fused-ring (bicyclic) bond motifs is 1. The molecule has 0 saturated carbocycles. The van der Waals surface area contributed by atoms with Gasteiger partial charge in [-0.3, -0.25) is 29.2 Å². The molecule has 2 aromatic carbocycles. The van der Waals surface area contributed by atoms with Gasteiger partial charge in [0, 0.05) is 37.7 Å². The largest absolute Gasteiger partial charge is 0.396 e. The van der Waals surface area contributed by atoms with Crippen molar-refractivity contribution in [3.8, 4) is 0 Å². The highest BCUT2D eigenvalue weighted by Crippen LogP contribution is 2.50. The molecule has 4 rings (SSSR count). The zero-order valence-corrected chi connectivity index (χ0v) is 20.4. The summed E-state index contributed by atoms with van der Waals surface area (Å²) in [5, 5.41) is 18.6. The molecule has 34 heavy (non-hydrogen) atoms. The van der Waals surface area contributed by atoms with Crippen molar-refractivity contribution in [3.05, 3.63) is 60.4 Å². The molecule has 0 radical (unpaired) electrons. The van der Waals surface area contributed by atoms with E-state index in [2.05, 4.69) is 33.4 Å². The van der Waals surface area contributed by atoms with Crippen LogP contribution in [0.2, 0.25) is 0 Å². The number of nitrogens with zero attached hydrogens (tertiary/aromatic N) is 3. The van der Waals surface area contributed by atoms with Crippen LogP contribution in [-0.2, 0) is 0 Å². The van der Waals surface area contributed by atoms with Crippen LogP contribution in [0.15, 0.2) is 59.8 Å². The molecule has 1 aromatic heterocycles. The van der Waals surface area contributed by atoms with Gasteiger partial charge in [-0.1, -0.05) is 30.7 Å². The van der Waals surface area contributed by atoms with Gasteiger partial charge < -0.3 is 10.0 Å². The summed E-state index contributed by atoms with van der Waals surface area (Å²) >= 11 is 0. The average Bonchev–Trinajstić information content (AvgIpc) is 2.83. The van der Waals surface area contributed by atoms with E-state index >= 15 is 0 Å². The maximum Gasteiger partial charge on any atom is 0.128 e. The molecule has 0 aliphatic carbocycles. The topological polar surface area (TPSA) is 126 Å². The number of likely N-dealkylation sites (tertiary alicyclic amines) is 1. The molecule has 8 nitrogen and oxygen atoms in total. The van der Waals surface area contributed by atoms with Crippen LogP contribution in [0.25, 0.3) is 11.0 Å². The van der Waals surface area contributed by atoms with Crippen LogP contribution >= 0.6 is 10.8 Å². The van der Waals surface area contributed by atoms with Crippen LogP contribution in [-0.4, -0.2) is 54.6 Å². The second kappa shape index (κ2) is 9.87. The lowest BCUT2D eigenvalue weighted by Crippen LogP contribution is -2.45. The number of benzene rings is 2. The number of amidine groups is 1. The van der Waals surface area contributed by atoms with Gasteiger partial charge in [-0.25, -0.2) is 0 Å². The number of aliphatic hydroxyl groups excluding tert-OH is 1. The van der Waals surface area contributed by atoms with Gasteiger partial charge in [-0.05, 0) is 67.0 Å². The predicted molar refractivity (Wildman–Crippen MR) is 137 cm³/mol. The molecule has 3 aromatic rings. The summed E-state index contributed by atoms with van der Waals surface area (Å²) < 4.78 is 24.5. The van der Waals surface area contributed by atoms with E-state index < -0.39 is 10.8 Å². The number of hydrogen-bond acceptors (Lipinski definition) is 7. The smallest absolute Gasteiger partial charge is 0.128 e. The molecule has 1 aliphatic rings. The Morgan fingerprint density at radius 2 is 1.76 bits per heavy atom. The minimum absolute atomic E-state index is 0.0426. The molecular formula is C25H33N5O3S. The van der Waals surface area contributed by atoms with Gasteiger partial charge in [-0.2, -0.15) is 0 Å². The van der Waals surface area contributed by atoms with Crippen LogP contribution in [0.4, 0.5) is 5.69 Å². The molecule has 0 atom stereocenters. The molecule has 0 unspecified atom stereocenters. The highest BCUT2D eigenvalue weighted by atomic mass is 32.3. The molecule has 1 fully saturated rings. The van der Waals surface area contributed by atoms with Gasteiger partial charge in [0.2, 0.25) is 0 Å². The van der Waals surface area contributed by atoms with E-state index in [1.165, 1.54) is 6.20 Å². The average molecular weight is 484 g/mol. The monoisotopic (exact) mass is 483 g/mol. The predicted octanol–water partition coefficient (Wildman–Crippen LogP) is 5.21. The first kappa shape index (κ1) is 24.4. The molecule has 1 aliphatic heterocycles. The Morgan fingerprint density at radius 3 is 2.41 bits per heavy atom. The number of aliphatic hydroxyl groups is 1. The lowest BCUT2D eigenvalue weighted by molar-refractivity contribution is 0.0460. The first-order chi connectivity index (χ1) is 16.2. The van der Waals surface area contributed by atoms with Crippen molar-refractivity contribution in [2.24, 2.45) is 11.3 Å². The first-order valence-corrected chi connectivity index (χ1v) is 13.1. The van der Waals surface area contributed by atoms with Crippen LogP contribution in [0.1, 0.15) is 38.7 Å². The standard InChI is InChI=1S/C25H33N5O3S/c1-18(2)16-25(17-31)10-14-30(15-11-25)24(26)19-6-8-20(9-7-19)29-34(32,33)22-5-3-4-21-23(22)28-13-12-27-21/h3-9,12-13,18,26,29,31-33H,10-11,14-17H2,1-2H3. The molecule has 0 spiro atoms. The number of anilines is 1. The number of aromatic nitrogens is 2. The van der Waals surface area contributed by atoms with Crippen LogP contribution < -0.4 is 4.72 Å². The Morgan fingerprint density at radius 1 is 1.09 bits per heavy atom. The summed E-state index contributed by atoms with van der Waals surface area (Å²) in [7, 11) is -3.36. The zero-order chi connectivity index (χ0) is 24.3. The van der Waals surface area contributed by atoms with Gasteiger partial charge >= 0.3 is 0 Å². The maximum atomic E-state index is 10.8. The Labute approximate surface area is 202 Å². The lowest BCUT2D eigenvalue weighted by Gasteiger charge is -2.42. The minimum Gasteiger partial charge on any atom is -0.396 e. The molecule has 0 bridgehead atoms. The Balaban J connectivity index is 1.43. The molecule has 1 saturated heterocycles. The SMILES string of the molecule is CC(C)CC1(CO)CCN(C(=N)c2ccc(NS(O)(O)c3cccc4nccnc34)cc2)CC1. The van der Waals surface area contributed by atoms with Crippen molar-refractivity contribution in [2.75, 3.05) is 24.4 Å². The molecule has 0 amide bonds. The molecule has 2 heterocycles. The highest BCUT2D eigenvalue weighted by Gasteiger charge is 2.35. The van der Waals surface area contributed by atoms with Gasteiger partial charge in [0.25, 0.3) is 0 Å². The Hall–Kier alpha value is -2.72. The number of rotatable bonds is 7. The van der Waals surface area contributed by atoms with Gasteiger partial charge in [-0.15, -0.1) is 0 Å². The summed E-state index contributed by atoms with van der Waals surface area (Å²) in [6.45, 7) is 6.06. The summed E-state index contributed by atoms with van der Waals surface area (Å²) in [6, 6.07) is 12.2. The fourth-order valence-corrected chi connectivity index (χ4v) is 6.06. The van der Waals surface area contributed by atoms with Crippen LogP contribution in [0.3, 0.4) is 0 Å². The van der Waals surface area contributed by atoms with Gasteiger partial charge in [0.15, 0.2) is 0 Å². The third-order valence-corrected chi connectivity index (χ3v) is 7.97. The summed E-state index contributed by atoms with van der Waals surface area (Å²) in [5.74, 6) is 0.977. The van der Waals surface area contributed by atoms with E-state index in [0.717, 1.165) is 37.9 Å².